The fraction of sp³-hybridized carbons (Fsp3) is 0.474. The van der Waals surface area contributed by atoms with Crippen LogP contribution in [0.15, 0.2) is 29.6 Å². The number of nitrogens with zero attached hydrogens (tertiary/aromatic N) is 2. The van der Waals surface area contributed by atoms with Gasteiger partial charge in [-0.15, -0.1) is 11.3 Å². The van der Waals surface area contributed by atoms with Gasteiger partial charge in [0.1, 0.15) is 10.7 Å². The Bertz CT molecular complexity index is 859. The van der Waals surface area contributed by atoms with E-state index in [0.717, 1.165) is 10.6 Å². The molecule has 148 valence electrons. The zero-order chi connectivity index (χ0) is 20.0. The molecule has 0 saturated heterocycles. The van der Waals surface area contributed by atoms with Crippen LogP contribution in [0.3, 0.4) is 0 Å². The van der Waals surface area contributed by atoms with E-state index in [1.165, 1.54) is 21.2 Å². The number of hydrogen-bond acceptors (Lipinski definition) is 5. The number of sulfonamides is 1. The zero-order valence-electron chi connectivity index (χ0n) is 16.2. The number of carbonyl (C=O) groups excluding carboxylic acids is 1. The Labute approximate surface area is 165 Å². The molecule has 0 aliphatic carbocycles. The Hall–Kier alpha value is -1.77. The highest BCUT2D eigenvalue weighted by Gasteiger charge is 2.15. The summed E-state index contributed by atoms with van der Waals surface area (Å²) in [5.41, 5.74) is 2.65. The Balaban J connectivity index is 1.88. The molecule has 8 heteroatoms. The van der Waals surface area contributed by atoms with E-state index >= 15 is 0 Å². The quantitative estimate of drug-likeness (QED) is 0.644. The van der Waals surface area contributed by atoms with E-state index in [-0.39, 0.29) is 11.7 Å². The van der Waals surface area contributed by atoms with Gasteiger partial charge in [-0.05, 0) is 24.8 Å². The first-order valence-electron chi connectivity index (χ1n) is 9.02. The third kappa shape index (κ3) is 5.85. The highest BCUT2D eigenvalue weighted by molar-refractivity contribution is 7.89. The molecule has 0 fully saturated rings. The summed E-state index contributed by atoms with van der Waals surface area (Å²) < 4.78 is 24.7. The largest absolute Gasteiger partial charge is 0.351 e. The number of benzene rings is 1. The van der Waals surface area contributed by atoms with E-state index in [4.69, 9.17) is 0 Å². The summed E-state index contributed by atoms with van der Waals surface area (Å²) >= 11 is 1.44. The summed E-state index contributed by atoms with van der Waals surface area (Å²) in [4.78, 5) is 16.7. The predicted octanol–water partition coefficient (Wildman–Crippen LogP) is 3.33. The number of nitrogens with one attached hydrogen (secondary N) is 1. The van der Waals surface area contributed by atoms with E-state index in [1.54, 1.807) is 19.4 Å². The fourth-order valence-electron chi connectivity index (χ4n) is 2.47. The molecule has 0 aliphatic heterocycles. The van der Waals surface area contributed by atoms with Crippen LogP contribution >= 0.6 is 11.3 Å². The van der Waals surface area contributed by atoms with Crippen LogP contribution in [0.2, 0.25) is 0 Å². The molecular formula is C19H27N3O3S2. The summed E-state index contributed by atoms with van der Waals surface area (Å²) in [7, 11) is -1.62. The van der Waals surface area contributed by atoms with Gasteiger partial charge in [-0.25, -0.2) is 17.7 Å². The number of amides is 1. The molecule has 2 aromatic rings. The lowest BCUT2D eigenvalue weighted by Gasteiger charge is -2.15. The van der Waals surface area contributed by atoms with Crippen molar-refractivity contribution in [3.63, 3.8) is 0 Å². The monoisotopic (exact) mass is 409 g/mol. The lowest BCUT2D eigenvalue weighted by Crippen LogP contribution is -2.32. The lowest BCUT2D eigenvalue weighted by molar-refractivity contribution is 0.0948. The molecule has 1 aromatic heterocycles. The van der Waals surface area contributed by atoms with Crippen molar-refractivity contribution >= 4 is 27.3 Å². The molecule has 0 unspecified atom stereocenters. The second kappa shape index (κ2) is 9.43. The van der Waals surface area contributed by atoms with Crippen molar-refractivity contribution in [1.82, 2.24) is 14.6 Å². The van der Waals surface area contributed by atoms with E-state index in [0.29, 0.717) is 31.1 Å². The Morgan fingerprint density at radius 1 is 1.26 bits per heavy atom. The van der Waals surface area contributed by atoms with E-state index < -0.39 is 10.0 Å². The molecule has 0 atom stereocenters. The molecule has 0 spiro atoms. The summed E-state index contributed by atoms with van der Waals surface area (Å²) in [6, 6.07) is 8.23. The van der Waals surface area contributed by atoms with Crippen LogP contribution < -0.4 is 5.32 Å². The average Bonchev–Trinajstić information content (AvgIpc) is 3.15. The molecule has 27 heavy (non-hydrogen) atoms. The van der Waals surface area contributed by atoms with Crippen molar-refractivity contribution in [2.75, 3.05) is 25.9 Å². The van der Waals surface area contributed by atoms with Gasteiger partial charge in [0, 0.05) is 31.1 Å². The third-order valence-electron chi connectivity index (χ3n) is 4.34. The van der Waals surface area contributed by atoms with E-state index in [1.807, 2.05) is 12.1 Å². The van der Waals surface area contributed by atoms with Crippen molar-refractivity contribution in [1.29, 1.82) is 0 Å². The summed E-state index contributed by atoms with van der Waals surface area (Å²) in [5.74, 6) is 0.315. The van der Waals surface area contributed by atoms with Crippen LogP contribution in [-0.4, -0.2) is 49.5 Å². The normalized spacial score (nSPS) is 11.9. The van der Waals surface area contributed by atoms with Gasteiger partial charge in [0.25, 0.3) is 5.91 Å². The molecule has 1 heterocycles. The SMILES string of the molecule is CCS(=O)(=O)N(C)CCCNC(=O)c1csc(-c2ccc(C(C)C)cc2)n1. The second-order valence-corrected chi connectivity index (χ2v) is 9.87. The average molecular weight is 410 g/mol. The molecule has 0 radical (unpaired) electrons. The lowest BCUT2D eigenvalue weighted by atomic mass is 10.0. The maximum Gasteiger partial charge on any atom is 0.270 e. The number of aromatic nitrogens is 1. The Morgan fingerprint density at radius 3 is 2.52 bits per heavy atom. The van der Waals surface area contributed by atoms with Crippen LogP contribution in [-0.2, 0) is 10.0 Å². The van der Waals surface area contributed by atoms with Crippen LogP contribution in [0.4, 0.5) is 0 Å². The minimum absolute atomic E-state index is 0.0790. The fourth-order valence-corrected chi connectivity index (χ4v) is 4.13. The summed E-state index contributed by atoms with van der Waals surface area (Å²) in [6.45, 7) is 6.69. The van der Waals surface area contributed by atoms with Crippen molar-refractivity contribution in [3.05, 3.63) is 40.9 Å². The first-order chi connectivity index (χ1) is 12.7. The zero-order valence-corrected chi connectivity index (χ0v) is 17.9. The minimum atomic E-state index is -3.18. The van der Waals surface area contributed by atoms with Gasteiger partial charge in [0.2, 0.25) is 10.0 Å². The molecular weight excluding hydrogens is 382 g/mol. The Kier molecular flexibility index (Phi) is 7.52. The molecule has 1 N–H and O–H groups in total. The molecule has 0 aliphatic rings. The summed E-state index contributed by atoms with van der Waals surface area (Å²) in [6.07, 6.45) is 0.551. The Morgan fingerprint density at radius 2 is 1.93 bits per heavy atom. The highest BCUT2D eigenvalue weighted by Crippen LogP contribution is 2.25. The minimum Gasteiger partial charge on any atom is -0.351 e. The van der Waals surface area contributed by atoms with Crippen molar-refractivity contribution in [2.45, 2.75) is 33.1 Å². The van der Waals surface area contributed by atoms with Gasteiger partial charge >= 0.3 is 0 Å². The highest BCUT2D eigenvalue weighted by atomic mass is 32.2. The molecule has 0 bridgehead atoms. The van der Waals surface area contributed by atoms with Crippen LogP contribution in [0.1, 0.15) is 49.2 Å². The molecule has 1 amide bonds. The topological polar surface area (TPSA) is 79.4 Å². The van der Waals surface area contributed by atoms with Crippen LogP contribution in [0.25, 0.3) is 10.6 Å². The standard InChI is InChI=1S/C19H27N3O3S2/c1-5-27(24,25)22(4)12-6-11-20-18(23)17-13-26-19(21-17)16-9-7-15(8-10-16)14(2)3/h7-10,13-14H,5-6,11-12H2,1-4H3,(H,20,23). The van der Waals surface area contributed by atoms with Crippen molar-refractivity contribution in [2.24, 2.45) is 0 Å². The first kappa shape index (κ1) is 21.5. The number of rotatable bonds is 9. The molecule has 0 saturated carbocycles. The van der Waals surface area contributed by atoms with Gasteiger partial charge < -0.3 is 5.32 Å². The number of thiazole rings is 1. The third-order valence-corrected chi connectivity index (χ3v) is 7.09. The molecule has 2 rings (SSSR count). The molecule has 6 nitrogen and oxygen atoms in total. The van der Waals surface area contributed by atoms with Gasteiger partial charge in [0.15, 0.2) is 0 Å². The van der Waals surface area contributed by atoms with Crippen LogP contribution in [0.5, 0.6) is 0 Å². The smallest absolute Gasteiger partial charge is 0.270 e. The maximum atomic E-state index is 12.2. The van der Waals surface area contributed by atoms with Crippen molar-refractivity contribution < 1.29 is 13.2 Å². The van der Waals surface area contributed by atoms with Gasteiger partial charge in [-0.3, -0.25) is 4.79 Å². The van der Waals surface area contributed by atoms with E-state index in [9.17, 15) is 13.2 Å². The maximum absolute atomic E-state index is 12.2. The second-order valence-electron chi connectivity index (χ2n) is 6.65. The number of hydrogen-bond donors (Lipinski definition) is 1. The van der Waals surface area contributed by atoms with Gasteiger partial charge in [-0.1, -0.05) is 38.1 Å². The van der Waals surface area contributed by atoms with Gasteiger partial charge in [0.05, 0.1) is 5.75 Å². The van der Waals surface area contributed by atoms with Crippen LogP contribution in [0, 0.1) is 0 Å². The number of carbonyl (C=O) groups is 1. The predicted molar refractivity (Wildman–Crippen MR) is 111 cm³/mol. The molecule has 1 aromatic carbocycles. The van der Waals surface area contributed by atoms with E-state index in [2.05, 4.69) is 36.3 Å². The van der Waals surface area contributed by atoms with Crippen molar-refractivity contribution in [3.8, 4) is 10.6 Å². The first-order valence-corrected chi connectivity index (χ1v) is 11.5. The van der Waals surface area contributed by atoms with Gasteiger partial charge in [-0.2, -0.15) is 0 Å². The summed E-state index contributed by atoms with van der Waals surface area (Å²) in [5, 5.41) is 5.35.